The summed E-state index contributed by atoms with van der Waals surface area (Å²) < 4.78 is 1.94. The van der Waals surface area contributed by atoms with Crippen LogP contribution in [0, 0.1) is 0 Å². The number of thiophene rings is 1. The normalized spacial score (nSPS) is 10.9. The molecule has 1 amide bonds. The van der Waals surface area contributed by atoms with Crippen LogP contribution in [-0.4, -0.2) is 20.7 Å². The third-order valence-corrected chi connectivity index (χ3v) is 7.10. The van der Waals surface area contributed by atoms with E-state index in [4.69, 9.17) is 5.10 Å². The fourth-order valence-corrected chi connectivity index (χ4v) is 5.24. The smallest absolute Gasteiger partial charge is 0.226 e. The lowest BCUT2D eigenvalue weighted by atomic mass is 10.1. The zero-order valence-electron chi connectivity index (χ0n) is 17.8. The van der Waals surface area contributed by atoms with Crippen molar-refractivity contribution in [3.63, 3.8) is 0 Å². The molecule has 7 heteroatoms. The van der Waals surface area contributed by atoms with Crippen LogP contribution in [0.2, 0.25) is 0 Å². The maximum atomic E-state index is 12.7. The third-order valence-electron chi connectivity index (χ3n) is 5.17. The molecule has 0 unspecified atom stereocenters. The molecule has 0 aliphatic carbocycles. The fourth-order valence-electron chi connectivity index (χ4n) is 3.60. The number of hydrogen-bond acceptors (Lipinski definition) is 5. The number of carbonyl (C=O) groups excluding carboxylic acids is 1. The van der Waals surface area contributed by atoms with Gasteiger partial charge in [-0.25, -0.2) is 4.98 Å². The van der Waals surface area contributed by atoms with E-state index in [1.165, 1.54) is 5.56 Å². The summed E-state index contributed by atoms with van der Waals surface area (Å²) in [6, 6.07) is 24.4. The van der Waals surface area contributed by atoms with Crippen LogP contribution in [0.15, 0.2) is 89.8 Å². The number of benzene rings is 2. The van der Waals surface area contributed by atoms with Crippen LogP contribution in [-0.2, 0) is 24.3 Å². The minimum Gasteiger partial charge on any atom is -0.352 e. The highest BCUT2D eigenvalue weighted by molar-refractivity contribution is 7.20. The SMILES string of the molecule is O=C(Cc1csc(-c2cccs2)n1)NCc1cn(Cc2ccccc2)nc1-c1ccccc1. The molecule has 0 atom stereocenters. The zero-order valence-corrected chi connectivity index (χ0v) is 19.5. The summed E-state index contributed by atoms with van der Waals surface area (Å²) >= 11 is 3.23. The van der Waals surface area contributed by atoms with Gasteiger partial charge in [0, 0.05) is 29.2 Å². The molecule has 0 fully saturated rings. The van der Waals surface area contributed by atoms with Crippen LogP contribution in [0.4, 0.5) is 0 Å². The summed E-state index contributed by atoms with van der Waals surface area (Å²) in [5.74, 6) is -0.0483. The van der Waals surface area contributed by atoms with Gasteiger partial charge in [-0.3, -0.25) is 9.48 Å². The molecule has 5 rings (SSSR count). The molecule has 5 aromatic rings. The Morgan fingerprint density at radius 1 is 0.939 bits per heavy atom. The number of hydrogen-bond donors (Lipinski definition) is 1. The molecule has 0 saturated carbocycles. The minimum atomic E-state index is -0.0483. The first-order valence-corrected chi connectivity index (χ1v) is 12.4. The number of nitrogens with zero attached hydrogens (tertiary/aromatic N) is 3. The van der Waals surface area contributed by atoms with Gasteiger partial charge in [-0.05, 0) is 17.0 Å². The molecule has 0 spiro atoms. The van der Waals surface area contributed by atoms with Gasteiger partial charge >= 0.3 is 0 Å². The number of carbonyl (C=O) groups is 1. The lowest BCUT2D eigenvalue weighted by Crippen LogP contribution is -2.24. The van der Waals surface area contributed by atoms with Crippen molar-refractivity contribution in [1.29, 1.82) is 0 Å². The van der Waals surface area contributed by atoms with Gasteiger partial charge < -0.3 is 5.32 Å². The number of aromatic nitrogens is 3. The van der Waals surface area contributed by atoms with Crippen LogP contribution in [0.1, 0.15) is 16.8 Å². The number of thiazole rings is 1. The Bertz CT molecular complexity index is 1330. The number of rotatable bonds is 8. The first kappa shape index (κ1) is 21.3. The Balaban J connectivity index is 1.29. The van der Waals surface area contributed by atoms with Crippen LogP contribution in [0.5, 0.6) is 0 Å². The highest BCUT2D eigenvalue weighted by Crippen LogP contribution is 2.28. The van der Waals surface area contributed by atoms with E-state index in [-0.39, 0.29) is 12.3 Å². The minimum absolute atomic E-state index is 0.0483. The molecule has 0 saturated heterocycles. The summed E-state index contributed by atoms with van der Waals surface area (Å²) in [7, 11) is 0. The number of amides is 1. The van der Waals surface area contributed by atoms with E-state index in [2.05, 4.69) is 22.4 Å². The predicted octanol–water partition coefficient (Wildman–Crippen LogP) is 5.64. The topological polar surface area (TPSA) is 59.8 Å². The highest BCUT2D eigenvalue weighted by atomic mass is 32.1. The summed E-state index contributed by atoms with van der Waals surface area (Å²) in [5, 5.41) is 12.8. The Hall–Kier alpha value is -3.55. The van der Waals surface area contributed by atoms with E-state index in [1.54, 1.807) is 22.7 Å². The van der Waals surface area contributed by atoms with Crippen LogP contribution >= 0.6 is 22.7 Å². The van der Waals surface area contributed by atoms with Gasteiger partial charge in [0.1, 0.15) is 5.01 Å². The molecule has 0 aliphatic heterocycles. The van der Waals surface area contributed by atoms with Gasteiger partial charge in [0.05, 0.1) is 29.2 Å². The van der Waals surface area contributed by atoms with Gasteiger partial charge in [-0.15, -0.1) is 22.7 Å². The summed E-state index contributed by atoms with van der Waals surface area (Å²) in [4.78, 5) is 18.4. The van der Waals surface area contributed by atoms with E-state index in [9.17, 15) is 4.79 Å². The van der Waals surface area contributed by atoms with Gasteiger partial charge in [0.15, 0.2) is 0 Å². The molecule has 0 aliphatic rings. The summed E-state index contributed by atoms with van der Waals surface area (Å²) in [6.45, 7) is 1.10. The van der Waals surface area contributed by atoms with Crippen molar-refractivity contribution in [1.82, 2.24) is 20.1 Å². The highest BCUT2D eigenvalue weighted by Gasteiger charge is 2.14. The summed E-state index contributed by atoms with van der Waals surface area (Å²) in [6.07, 6.45) is 2.29. The Labute approximate surface area is 200 Å². The van der Waals surface area contributed by atoms with Crippen molar-refractivity contribution in [2.24, 2.45) is 0 Å². The molecular formula is C26H22N4OS2. The fraction of sp³-hybridized carbons (Fsp3) is 0.115. The summed E-state index contributed by atoms with van der Waals surface area (Å²) in [5.41, 5.74) is 4.89. The second kappa shape index (κ2) is 9.94. The van der Waals surface area contributed by atoms with Crippen LogP contribution < -0.4 is 5.32 Å². The molecule has 164 valence electrons. The van der Waals surface area contributed by atoms with E-state index in [0.29, 0.717) is 13.1 Å². The first-order chi connectivity index (χ1) is 16.2. The second-order valence-electron chi connectivity index (χ2n) is 7.63. The first-order valence-electron chi connectivity index (χ1n) is 10.7. The standard InChI is InChI=1S/C26H22N4OS2/c31-24(14-22-18-33-26(28-22)23-12-7-13-32-23)27-15-21-17-30(16-19-8-3-1-4-9-19)29-25(21)20-10-5-2-6-11-20/h1-13,17-18H,14-16H2,(H,27,31). The van der Waals surface area contributed by atoms with Crippen molar-refractivity contribution in [3.05, 3.63) is 107 Å². The second-order valence-corrected chi connectivity index (χ2v) is 9.43. The Morgan fingerprint density at radius 3 is 2.48 bits per heavy atom. The van der Waals surface area contributed by atoms with Crippen molar-refractivity contribution < 1.29 is 4.79 Å². The van der Waals surface area contributed by atoms with Gasteiger partial charge in [-0.1, -0.05) is 66.7 Å². The van der Waals surface area contributed by atoms with Crippen molar-refractivity contribution >= 4 is 28.6 Å². The average Bonchev–Trinajstić information content (AvgIpc) is 3.60. The molecule has 3 aromatic heterocycles. The van der Waals surface area contributed by atoms with Crippen molar-refractivity contribution in [2.75, 3.05) is 0 Å². The molecule has 0 bridgehead atoms. The van der Waals surface area contributed by atoms with Gasteiger partial charge in [-0.2, -0.15) is 5.10 Å². The Morgan fingerprint density at radius 2 is 1.73 bits per heavy atom. The Kier molecular flexibility index (Phi) is 6.41. The largest absolute Gasteiger partial charge is 0.352 e. The molecule has 2 aromatic carbocycles. The third kappa shape index (κ3) is 5.27. The van der Waals surface area contributed by atoms with Gasteiger partial charge in [0.2, 0.25) is 5.91 Å². The van der Waals surface area contributed by atoms with Crippen LogP contribution in [0.25, 0.3) is 21.1 Å². The monoisotopic (exact) mass is 470 g/mol. The van der Waals surface area contributed by atoms with Crippen molar-refractivity contribution in [2.45, 2.75) is 19.5 Å². The lowest BCUT2D eigenvalue weighted by molar-refractivity contribution is -0.120. The molecule has 33 heavy (non-hydrogen) atoms. The number of nitrogens with one attached hydrogen (secondary N) is 1. The van der Waals surface area contributed by atoms with Gasteiger partial charge in [0.25, 0.3) is 0 Å². The molecule has 3 heterocycles. The predicted molar refractivity (Wildman–Crippen MR) is 134 cm³/mol. The maximum absolute atomic E-state index is 12.7. The maximum Gasteiger partial charge on any atom is 0.226 e. The van der Waals surface area contributed by atoms with E-state index in [0.717, 1.165) is 32.4 Å². The zero-order chi connectivity index (χ0) is 22.5. The molecule has 1 N–H and O–H groups in total. The van der Waals surface area contributed by atoms with Crippen LogP contribution in [0.3, 0.4) is 0 Å². The lowest BCUT2D eigenvalue weighted by Gasteiger charge is -2.05. The quantitative estimate of drug-likeness (QED) is 0.319. The van der Waals surface area contributed by atoms with Crippen molar-refractivity contribution in [3.8, 4) is 21.1 Å². The molecule has 5 nitrogen and oxygen atoms in total. The van der Waals surface area contributed by atoms with E-state index >= 15 is 0 Å². The molecule has 0 radical (unpaired) electrons. The van der Waals surface area contributed by atoms with E-state index in [1.807, 2.05) is 82.3 Å². The van der Waals surface area contributed by atoms with E-state index < -0.39 is 0 Å². The molecular weight excluding hydrogens is 448 g/mol. The average molecular weight is 471 g/mol.